The van der Waals surface area contributed by atoms with Crippen LogP contribution in [-0.2, 0) is 0 Å². The quantitative estimate of drug-likeness (QED) is 0.873. The van der Waals surface area contributed by atoms with E-state index in [1.807, 2.05) is 19.2 Å². The molecule has 0 saturated heterocycles. The molecule has 94 valence electrons. The molecule has 1 heterocycles. The monoisotopic (exact) mass is 233 g/mol. The fraction of sp³-hybridized carbons (Fsp3) is 0.643. The van der Waals surface area contributed by atoms with Crippen LogP contribution < -0.4 is 10.6 Å². The van der Waals surface area contributed by atoms with Crippen molar-refractivity contribution in [2.75, 3.05) is 11.9 Å². The smallest absolute Gasteiger partial charge is 0.128 e. The average molecular weight is 233 g/mol. The highest BCUT2D eigenvalue weighted by Gasteiger charge is 2.19. The van der Waals surface area contributed by atoms with Gasteiger partial charge in [0, 0.05) is 25.3 Å². The van der Waals surface area contributed by atoms with Crippen molar-refractivity contribution in [2.45, 2.75) is 51.1 Å². The van der Waals surface area contributed by atoms with E-state index in [0.717, 1.165) is 11.4 Å². The summed E-state index contributed by atoms with van der Waals surface area (Å²) >= 11 is 0. The molecule has 17 heavy (non-hydrogen) atoms. The number of rotatable bonds is 3. The second kappa shape index (κ2) is 5.50. The number of hydrogen-bond acceptors (Lipinski definition) is 3. The lowest BCUT2D eigenvalue weighted by molar-refractivity contribution is 0.426. The molecular formula is C14H23N3. The maximum Gasteiger partial charge on any atom is 0.128 e. The van der Waals surface area contributed by atoms with E-state index < -0.39 is 0 Å². The molecule has 0 spiro atoms. The van der Waals surface area contributed by atoms with Crippen molar-refractivity contribution in [1.82, 2.24) is 4.98 Å². The predicted octanol–water partition coefficient (Wildman–Crippen LogP) is 2.87. The summed E-state index contributed by atoms with van der Waals surface area (Å²) in [6, 6.07) is 4.86. The van der Waals surface area contributed by atoms with Crippen LogP contribution in [-0.4, -0.2) is 18.1 Å². The molecule has 3 heteroatoms. The summed E-state index contributed by atoms with van der Waals surface area (Å²) in [6.45, 7) is 2.01. The van der Waals surface area contributed by atoms with Crippen LogP contribution in [0.5, 0.6) is 0 Å². The lowest BCUT2D eigenvalue weighted by atomic mass is 9.94. The standard InChI is InChI=1S/C14H23N3/c1-11(15)12-8-9-16-14(10-12)17(2)13-6-4-3-5-7-13/h8-11,13H,3-7,15H2,1-2H3/t11-/m0/s1. The Labute approximate surface area is 104 Å². The molecule has 1 aromatic rings. The summed E-state index contributed by atoms with van der Waals surface area (Å²) in [5.74, 6) is 1.06. The van der Waals surface area contributed by atoms with Gasteiger partial charge in [0.2, 0.25) is 0 Å². The topological polar surface area (TPSA) is 42.1 Å². The Morgan fingerprint density at radius 2 is 2.06 bits per heavy atom. The lowest BCUT2D eigenvalue weighted by Crippen LogP contribution is -2.34. The second-order valence-electron chi connectivity index (χ2n) is 5.14. The number of nitrogens with zero attached hydrogens (tertiary/aromatic N) is 2. The highest BCUT2D eigenvalue weighted by atomic mass is 15.2. The zero-order valence-corrected chi connectivity index (χ0v) is 10.9. The third kappa shape index (κ3) is 2.97. The van der Waals surface area contributed by atoms with Crippen LogP contribution in [0.25, 0.3) is 0 Å². The number of hydrogen-bond donors (Lipinski definition) is 1. The predicted molar refractivity (Wildman–Crippen MR) is 72.1 cm³/mol. The molecule has 1 atom stereocenters. The van der Waals surface area contributed by atoms with Gasteiger partial charge in [-0.3, -0.25) is 0 Å². The maximum atomic E-state index is 5.91. The zero-order chi connectivity index (χ0) is 12.3. The third-order valence-electron chi connectivity index (χ3n) is 3.78. The number of aromatic nitrogens is 1. The third-order valence-corrected chi connectivity index (χ3v) is 3.78. The van der Waals surface area contributed by atoms with Crippen molar-refractivity contribution in [3.63, 3.8) is 0 Å². The molecule has 2 rings (SSSR count). The van der Waals surface area contributed by atoms with Gasteiger partial charge in [-0.15, -0.1) is 0 Å². The Kier molecular flexibility index (Phi) is 4.00. The first-order valence-corrected chi connectivity index (χ1v) is 6.63. The van der Waals surface area contributed by atoms with Crippen molar-refractivity contribution >= 4 is 5.82 Å². The Bertz CT molecular complexity index is 356. The van der Waals surface area contributed by atoms with Gasteiger partial charge in [0.1, 0.15) is 5.82 Å². The number of anilines is 1. The van der Waals surface area contributed by atoms with Crippen LogP contribution in [0.2, 0.25) is 0 Å². The van der Waals surface area contributed by atoms with Gasteiger partial charge in [-0.25, -0.2) is 4.98 Å². The zero-order valence-electron chi connectivity index (χ0n) is 10.9. The molecule has 2 N–H and O–H groups in total. The minimum Gasteiger partial charge on any atom is -0.357 e. The molecule has 1 aromatic heterocycles. The van der Waals surface area contributed by atoms with E-state index in [9.17, 15) is 0 Å². The summed E-state index contributed by atoms with van der Waals surface area (Å²) in [7, 11) is 2.16. The highest BCUT2D eigenvalue weighted by molar-refractivity contribution is 5.42. The van der Waals surface area contributed by atoms with Crippen molar-refractivity contribution in [2.24, 2.45) is 5.73 Å². The summed E-state index contributed by atoms with van der Waals surface area (Å²) in [4.78, 5) is 6.79. The van der Waals surface area contributed by atoms with Crippen LogP contribution in [0, 0.1) is 0 Å². The first-order chi connectivity index (χ1) is 8.18. The van der Waals surface area contributed by atoms with E-state index in [2.05, 4.69) is 23.0 Å². The van der Waals surface area contributed by atoms with Gasteiger partial charge in [0.15, 0.2) is 0 Å². The van der Waals surface area contributed by atoms with Gasteiger partial charge in [0.05, 0.1) is 0 Å². The van der Waals surface area contributed by atoms with E-state index in [0.29, 0.717) is 6.04 Å². The fourth-order valence-electron chi connectivity index (χ4n) is 2.57. The molecule has 0 bridgehead atoms. The van der Waals surface area contributed by atoms with Crippen LogP contribution in [0.4, 0.5) is 5.82 Å². The van der Waals surface area contributed by atoms with Gasteiger partial charge < -0.3 is 10.6 Å². The van der Waals surface area contributed by atoms with E-state index >= 15 is 0 Å². The summed E-state index contributed by atoms with van der Waals surface area (Å²) in [5.41, 5.74) is 7.08. The summed E-state index contributed by atoms with van der Waals surface area (Å²) < 4.78 is 0. The molecule has 0 aliphatic heterocycles. The van der Waals surface area contributed by atoms with Gasteiger partial charge in [-0.1, -0.05) is 19.3 Å². The van der Waals surface area contributed by atoms with Gasteiger partial charge in [0.25, 0.3) is 0 Å². The Morgan fingerprint density at radius 1 is 1.35 bits per heavy atom. The highest BCUT2D eigenvalue weighted by Crippen LogP contribution is 2.25. The largest absolute Gasteiger partial charge is 0.357 e. The van der Waals surface area contributed by atoms with E-state index in [1.165, 1.54) is 32.1 Å². The van der Waals surface area contributed by atoms with Crippen LogP contribution in [0.3, 0.4) is 0 Å². The van der Waals surface area contributed by atoms with Gasteiger partial charge >= 0.3 is 0 Å². The minimum atomic E-state index is 0.0801. The average Bonchev–Trinajstić information content (AvgIpc) is 2.39. The molecule has 0 radical (unpaired) electrons. The first kappa shape index (κ1) is 12.4. The normalized spacial score (nSPS) is 19.0. The molecule has 1 aliphatic rings. The SMILES string of the molecule is C[C@H](N)c1ccnc(N(C)C2CCCCC2)c1. The second-order valence-corrected chi connectivity index (χ2v) is 5.14. The van der Waals surface area contributed by atoms with Gasteiger partial charge in [-0.2, -0.15) is 0 Å². The molecular weight excluding hydrogens is 210 g/mol. The first-order valence-electron chi connectivity index (χ1n) is 6.63. The molecule has 0 unspecified atom stereocenters. The summed E-state index contributed by atoms with van der Waals surface area (Å²) in [6.07, 6.45) is 8.54. The number of nitrogens with two attached hydrogens (primary N) is 1. The molecule has 0 aromatic carbocycles. The van der Waals surface area contributed by atoms with E-state index in [4.69, 9.17) is 5.73 Å². The lowest BCUT2D eigenvalue weighted by Gasteiger charge is -2.32. The van der Waals surface area contributed by atoms with Crippen LogP contribution >= 0.6 is 0 Å². The molecule has 3 nitrogen and oxygen atoms in total. The van der Waals surface area contributed by atoms with Gasteiger partial charge in [-0.05, 0) is 37.5 Å². The van der Waals surface area contributed by atoms with Crippen molar-refractivity contribution < 1.29 is 0 Å². The number of pyridine rings is 1. The molecule has 1 aliphatic carbocycles. The molecule has 1 saturated carbocycles. The Balaban J connectivity index is 2.12. The Hall–Kier alpha value is -1.09. The van der Waals surface area contributed by atoms with Crippen molar-refractivity contribution in [1.29, 1.82) is 0 Å². The van der Waals surface area contributed by atoms with Crippen molar-refractivity contribution in [3.05, 3.63) is 23.9 Å². The fourth-order valence-corrected chi connectivity index (χ4v) is 2.57. The van der Waals surface area contributed by atoms with E-state index in [-0.39, 0.29) is 6.04 Å². The van der Waals surface area contributed by atoms with Crippen LogP contribution in [0.1, 0.15) is 50.6 Å². The molecule has 1 fully saturated rings. The summed E-state index contributed by atoms with van der Waals surface area (Å²) in [5, 5.41) is 0. The minimum absolute atomic E-state index is 0.0801. The van der Waals surface area contributed by atoms with E-state index in [1.54, 1.807) is 0 Å². The van der Waals surface area contributed by atoms with Crippen LogP contribution in [0.15, 0.2) is 18.3 Å². The van der Waals surface area contributed by atoms with Crippen molar-refractivity contribution in [3.8, 4) is 0 Å². The molecule has 0 amide bonds. The maximum absolute atomic E-state index is 5.91. The Morgan fingerprint density at radius 3 is 2.71 bits per heavy atom.